The molecule has 0 unspecified atom stereocenters. The average Bonchev–Trinajstić information content (AvgIpc) is 3.96. The van der Waals surface area contributed by atoms with Gasteiger partial charge in [-0.15, -0.1) is 0 Å². The summed E-state index contributed by atoms with van der Waals surface area (Å²) in [5.74, 6) is 1.10. The Bertz CT molecular complexity index is 3380. The van der Waals surface area contributed by atoms with Gasteiger partial charge in [0.1, 0.15) is 5.82 Å². The van der Waals surface area contributed by atoms with Crippen LogP contribution in [0.4, 0.5) is 0 Å². The maximum Gasteiger partial charge on any atom is 0.124 e. The second-order valence-electron chi connectivity index (χ2n) is 15.7. The van der Waals surface area contributed by atoms with E-state index in [0.717, 1.165) is 22.5 Å². The SMILES string of the molecule is CC1(C)c2cc(-c3ccc4c(c3)c3cc(-c5ccc6c(c5)c5ccccc5n6-c5ccccc5)ccc3n4-c3ccccc3)ccc2-n2c1nc1ccccc12. The van der Waals surface area contributed by atoms with Crippen molar-refractivity contribution in [3.8, 4) is 39.3 Å². The number of benzene rings is 8. The summed E-state index contributed by atoms with van der Waals surface area (Å²) in [6, 6.07) is 66.5. The minimum Gasteiger partial charge on any atom is -0.309 e. The third kappa shape index (κ3) is 4.32. The highest BCUT2D eigenvalue weighted by Crippen LogP contribution is 2.46. The predicted octanol–water partition coefficient (Wildman–Crippen LogP) is 13.2. The Morgan fingerprint density at radius 3 is 1.41 bits per heavy atom. The molecule has 12 rings (SSSR count). The zero-order valence-corrected chi connectivity index (χ0v) is 31.1. The number of fused-ring (bicyclic) bond motifs is 11. The van der Waals surface area contributed by atoms with E-state index in [-0.39, 0.29) is 5.41 Å². The molecular formula is C52H36N4. The lowest BCUT2D eigenvalue weighted by atomic mass is 9.84. The van der Waals surface area contributed by atoms with E-state index in [1.165, 1.54) is 82.8 Å². The third-order valence-electron chi connectivity index (χ3n) is 12.2. The normalized spacial score (nSPS) is 13.3. The van der Waals surface area contributed by atoms with Crippen LogP contribution in [0.25, 0.3) is 94.0 Å². The number of hydrogen-bond donors (Lipinski definition) is 0. The van der Waals surface area contributed by atoms with E-state index in [2.05, 4.69) is 210 Å². The highest BCUT2D eigenvalue weighted by atomic mass is 15.1. The fourth-order valence-corrected chi connectivity index (χ4v) is 9.47. The Kier molecular flexibility index (Phi) is 6.37. The molecule has 0 spiro atoms. The van der Waals surface area contributed by atoms with Gasteiger partial charge in [-0.1, -0.05) is 91.0 Å². The second-order valence-corrected chi connectivity index (χ2v) is 15.7. The lowest BCUT2D eigenvalue weighted by Gasteiger charge is -2.18. The topological polar surface area (TPSA) is 27.7 Å². The lowest BCUT2D eigenvalue weighted by Crippen LogP contribution is -2.16. The predicted molar refractivity (Wildman–Crippen MR) is 233 cm³/mol. The molecule has 0 N–H and O–H groups in total. The molecule has 0 aliphatic carbocycles. The summed E-state index contributed by atoms with van der Waals surface area (Å²) >= 11 is 0. The zero-order chi connectivity index (χ0) is 37.1. The molecular weight excluding hydrogens is 681 g/mol. The third-order valence-corrected chi connectivity index (χ3v) is 12.2. The van der Waals surface area contributed by atoms with Gasteiger partial charge in [-0.2, -0.15) is 0 Å². The van der Waals surface area contributed by atoms with Gasteiger partial charge in [0.15, 0.2) is 0 Å². The molecule has 4 nitrogen and oxygen atoms in total. The Morgan fingerprint density at radius 2 is 0.821 bits per heavy atom. The van der Waals surface area contributed by atoms with Crippen LogP contribution in [0.15, 0.2) is 182 Å². The lowest BCUT2D eigenvalue weighted by molar-refractivity contribution is 0.621. The summed E-state index contributed by atoms with van der Waals surface area (Å²) in [5.41, 5.74) is 16.5. The van der Waals surface area contributed by atoms with E-state index in [1.54, 1.807) is 0 Å². The van der Waals surface area contributed by atoms with Crippen LogP contribution in [-0.4, -0.2) is 18.7 Å². The average molecular weight is 717 g/mol. The van der Waals surface area contributed by atoms with Gasteiger partial charge in [0, 0.05) is 32.9 Å². The second kappa shape index (κ2) is 11.4. The Labute approximate surface area is 324 Å². The molecule has 0 radical (unpaired) electrons. The van der Waals surface area contributed by atoms with Crippen molar-refractivity contribution in [2.45, 2.75) is 19.3 Å². The highest BCUT2D eigenvalue weighted by molar-refractivity contribution is 6.13. The molecule has 1 aliphatic heterocycles. The van der Waals surface area contributed by atoms with E-state index in [4.69, 9.17) is 4.98 Å². The standard InChI is InChI=1S/C52H36N4/c1-52(2)43-32-36(24-28-49(43)56-50-20-12-10-18-44(50)53-51(52)56)35-23-27-48-42(31-35)41-30-34(22-26-47(41)55(48)38-15-7-4-8-16-38)33-21-25-46-40(29-33)39-17-9-11-19-45(39)54(46)37-13-5-3-6-14-37/h3-32H,1-2H3. The van der Waals surface area contributed by atoms with Gasteiger partial charge < -0.3 is 9.13 Å². The van der Waals surface area contributed by atoms with Gasteiger partial charge in [0.25, 0.3) is 0 Å². The van der Waals surface area contributed by atoms with Gasteiger partial charge in [-0.3, -0.25) is 4.57 Å². The largest absolute Gasteiger partial charge is 0.309 e. The van der Waals surface area contributed by atoms with Crippen LogP contribution in [0.1, 0.15) is 25.2 Å². The van der Waals surface area contributed by atoms with Crippen LogP contribution in [0.3, 0.4) is 0 Å². The van der Waals surface area contributed by atoms with Crippen LogP contribution in [0.5, 0.6) is 0 Å². The van der Waals surface area contributed by atoms with Crippen molar-refractivity contribution in [1.82, 2.24) is 18.7 Å². The molecule has 0 saturated carbocycles. The van der Waals surface area contributed by atoms with Crippen molar-refractivity contribution in [2.24, 2.45) is 0 Å². The van der Waals surface area contributed by atoms with Crippen molar-refractivity contribution in [3.63, 3.8) is 0 Å². The maximum atomic E-state index is 5.11. The van der Waals surface area contributed by atoms with E-state index in [0.29, 0.717) is 0 Å². The molecule has 264 valence electrons. The Hall–Kier alpha value is -7.17. The first-order valence-electron chi connectivity index (χ1n) is 19.4. The van der Waals surface area contributed by atoms with Crippen LogP contribution in [-0.2, 0) is 5.41 Å². The maximum absolute atomic E-state index is 5.11. The quantitative estimate of drug-likeness (QED) is 0.178. The molecule has 1 aliphatic rings. The molecule has 0 atom stereocenters. The number of aromatic nitrogens is 4. The molecule has 4 heterocycles. The summed E-state index contributed by atoms with van der Waals surface area (Å²) in [7, 11) is 0. The monoisotopic (exact) mass is 716 g/mol. The van der Waals surface area contributed by atoms with Gasteiger partial charge >= 0.3 is 0 Å². The first-order chi connectivity index (χ1) is 27.5. The molecule has 56 heavy (non-hydrogen) atoms. The fourth-order valence-electron chi connectivity index (χ4n) is 9.47. The van der Waals surface area contributed by atoms with Crippen molar-refractivity contribution < 1.29 is 0 Å². The highest BCUT2D eigenvalue weighted by Gasteiger charge is 2.39. The van der Waals surface area contributed by atoms with E-state index < -0.39 is 0 Å². The molecule has 4 heteroatoms. The summed E-state index contributed by atoms with van der Waals surface area (Å²) in [6.07, 6.45) is 0. The van der Waals surface area contributed by atoms with Gasteiger partial charge in [0.05, 0.1) is 44.2 Å². The molecule has 0 bridgehead atoms. The number of hydrogen-bond acceptors (Lipinski definition) is 1. The molecule has 8 aromatic carbocycles. The molecule has 0 fully saturated rings. The number of rotatable bonds is 4. The molecule has 0 saturated heterocycles. The number of para-hydroxylation sites is 5. The molecule has 3 aromatic heterocycles. The van der Waals surface area contributed by atoms with Gasteiger partial charge in [-0.25, -0.2) is 4.98 Å². The Balaban J connectivity index is 1.04. The minimum absolute atomic E-state index is 0.221. The van der Waals surface area contributed by atoms with Crippen molar-refractivity contribution in [1.29, 1.82) is 0 Å². The van der Waals surface area contributed by atoms with Crippen LogP contribution < -0.4 is 0 Å². The van der Waals surface area contributed by atoms with E-state index in [9.17, 15) is 0 Å². The van der Waals surface area contributed by atoms with Crippen molar-refractivity contribution in [3.05, 3.63) is 193 Å². The summed E-state index contributed by atoms with van der Waals surface area (Å²) in [6.45, 7) is 4.60. The van der Waals surface area contributed by atoms with Crippen LogP contribution >= 0.6 is 0 Å². The number of imidazole rings is 1. The Morgan fingerprint density at radius 1 is 0.375 bits per heavy atom. The summed E-state index contributed by atoms with van der Waals surface area (Å²) in [5, 5.41) is 4.99. The number of nitrogens with zero attached hydrogens (tertiary/aromatic N) is 4. The van der Waals surface area contributed by atoms with Crippen molar-refractivity contribution >= 4 is 54.6 Å². The summed E-state index contributed by atoms with van der Waals surface area (Å²) in [4.78, 5) is 5.11. The molecule has 0 amide bonds. The van der Waals surface area contributed by atoms with Crippen LogP contribution in [0, 0.1) is 0 Å². The zero-order valence-electron chi connectivity index (χ0n) is 31.1. The first kappa shape index (κ1) is 31.2. The smallest absolute Gasteiger partial charge is 0.124 e. The van der Waals surface area contributed by atoms with Crippen LogP contribution in [0.2, 0.25) is 0 Å². The van der Waals surface area contributed by atoms with Gasteiger partial charge in [0.2, 0.25) is 0 Å². The van der Waals surface area contributed by atoms with E-state index in [1.807, 2.05) is 0 Å². The van der Waals surface area contributed by atoms with Crippen molar-refractivity contribution in [2.75, 3.05) is 0 Å². The van der Waals surface area contributed by atoms with E-state index >= 15 is 0 Å². The first-order valence-corrected chi connectivity index (χ1v) is 19.4. The minimum atomic E-state index is -0.221. The molecule has 11 aromatic rings. The summed E-state index contributed by atoms with van der Waals surface area (Å²) < 4.78 is 7.14. The fraction of sp³-hybridized carbons (Fsp3) is 0.0577. The van der Waals surface area contributed by atoms with Gasteiger partial charge in [-0.05, 0) is 133 Å².